The van der Waals surface area contributed by atoms with Crippen LogP contribution in [0.3, 0.4) is 0 Å². The molecular formula is C31H35N3O5. The van der Waals surface area contributed by atoms with Gasteiger partial charge in [0, 0.05) is 29.1 Å². The zero-order valence-corrected chi connectivity index (χ0v) is 22.5. The topological polar surface area (TPSA) is 93.9 Å². The van der Waals surface area contributed by atoms with Crippen molar-refractivity contribution in [3.63, 3.8) is 0 Å². The van der Waals surface area contributed by atoms with Gasteiger partial charge in [0.15, 0.2) is 0 Å². The van der Waals surface area contributed by atoms with Gasteiger partial charge >= 0.3 is 12.0 Å². The van der Waals surface area contributed by atoms with Crippen molar-refractivity contribution in [2.24, 2.45) is 0 Å². The van der Waals surface area contributed by atoms with Crippen LogP contribution in [0.25, 0.3) is 11.3 Å². The molecule has 1 saturated carbocycles. The number of aryl methyl sites for hydroxylation is 1. The summed E-state index contributed by atoms with van der Waals surface area (Å²) in [6.07, 6.45) is 5.79. The van der Waals surface area contributed by atoms with Gasteiger partial charge in [-0.3, -0.25) is 0 Å². The normalized spacial score (nSPS) is 22.1. The molecule has 0 radical (unpaired) electrons. The van der Waals surface area contributed by atoms with Crippen LogP contribution >= 0.6 is 0 Å². The average molecular weight is 530 g/mol. The maximum atomic E-state index is 13.4. The molecule has 2 aliphatic heterocycles. The molecule has 1 aromatic heterocycles. The van der Waals surface area contributed by atoms with Gasteiger partial charge in [0.1, 0.15) is 11.5 Å². The minimum atomic E-state index is -0.437. The van der Waals surface area contributed by atoms with E-state index in [1.165, 1.54) is 0 Å². The fourth-order valence-corrected chi connectivity index (χ4v) is 6.13. The molecule has 3 fully saturated rings. The Kier molecular flexibility index (Phi) is 7.12. The number of rotatable bonds is 8. The average Bonchev–Trinajstić information content (AvgIpc) is 3.64. The Labute approximate surface area is 228 Å². The van der Waals surface area contributed by atoms with E-state index in [-0.39, 0.29) is 30.8 Å². The number of nitrogens with one attached hydrogen (secondary N) is 1. The monoisotopic (exact) mass is 529 g/mol. The summed E-state index contributed by atoms with van der Waals surface area (Å²) in [7, 11) is 0. The molecule has 2 unspecified atom stereocenters. The number of nitrogens with zero attached hydrogens (tertiary/aromatic N) is 2. The minimum Gasteiger partial charge on any atom is -0.462 e. The molecule has 1 N–H and O–H groups in total. The molecule has 1 aliphatic carbocycles. The van der Waals surface area contributed by atoms with Gasteiger partial charge in [-0.15, -0.1) is 0 Å². The van der Waals surface area contributed by atoms with E-state index in [0.717, 1.165) is 66.7 Å². The predicted molar refractivity (Wildman–Crippen MR) is 147 cm³/mol. The zero-order valence-electron chi connectivity index (χ0n) is 22.5. The van der Waals surface area contributed by atoms with Crippen LogP contribution in [0.4, 0.5) is 10.5 Å². The lowest BCUT2D eigenvalue weighted by molar-refractivity contribution is -0.0158. The first kappa shape index (κ1) is 25.6. The summed E-state index contributed by atoms with van der Waals surface area (Å²) in [5.74, 6) is 0.967. The van der Waals surface area contributed by atoms with E-state index >= 15 is 0 Å². The van der Waals surface area contributed by atoms with E-state index in [9.17, 15) is 9.59 Å². The number of para-hydroxylation sites is 1. The van der Waals surface area contributed by atoms with Crippen LogP contribution < -0.4 is 5.32 Å². The highest BCUT2D eigenvalue weighted by atomic mass is 16.5. The Morgan fingerprint density at radius 1 is 1.03 bits per heavy atom. The number of benzene rings is 2. The molecule has 2 atom stereocenters. The lowest BCUT2D eigenvalue weighted by atomic mass is 9.99. The predicted octanol–water partition coefficient (Wildman–Crippen LogP) is 6.45. The molecule has 39 heavy (non-hydrogen) atoms. The molecule has 3 heterocycles. The summed E-state index contributed by atoms with van der Waals surface area (Å²) in [4.78, 5) is 27.7. The summed E-state index contributed by atoms with van der Waals surface area (Å²) in [5.41, 5.74) is 5.04. The largest absolute Gasteiger partial charge is 0.462 e. The molecule has 6 rings (SSSR count). The molecular weight excluding hydrogens is 494 g/mol. The van der Waals surface area contributed by atoms with Crippen LogP contribution in [0.5, 0.6) is 0 Å². The summed E-state index contributed by atoms with van der Waals surface area (Å²) in [5, 5.41) is 7.44. The first-order valence-electron chi connectivity index (χ1n) is 14.0. The molecule has 2 aromatic carbocycles. The van der Waals surface area contributed by atoms with Gasteiger partial charge in [0.2, 0.25) is 0 Å². The Balaban J connectivity index is 1.13. The molecule has 0 spiro atoms. The highest BCUT2D eigenvalue weighted by Crippen LogP contribution is 2.45. The van der Waals surface area contributed by atoms with Gasteiger partial charge in [0.25, 0.3) is 0 Å². The van der Waals surface area contributed by atoms with Crippen LogP contribution in [-0.2, 0) is 16.1 Å². The van der Waals surface area contributed by atoms with Crippen LogP contribution in [0.1, 0.15) is 78.6 Å². The summed E-state index contributed by atoms with van der Waals surface area (Å²) in [6.45, 7) is 4.60. The van der Waals surface area contributed by atoms with E-state index in [4.69, 9.17) is 14.0 Å². The van der Waals surface area contributed by atoms with Crippen molar-refractivity contribution in [2.75, 3.05) is 11.9 Å². The van der Waals surface area contributed by atoms with Gasteiger partial charge in [-0.1, -0.05) is 41.6 Å². The second-order valence-electron chi connectivity index (χ2n) is 10.9. The Bertz CT molecular complexity index is 1350. The number of esters is 1. The van der Waals surface area contributed by atoms with Crippen molar-refractivity contribution in [2.45, 2.75) is 83.1 Å². The van der Waals surface area contributed by atoms with Crippen LogP contribution in [0.15, 0.2) is 53.1 Å². The number of hydrogen-bond donors (Lipinski definition) is 1. The minimum absolute atomic E-state index is 0.0602. The number of carbonyl (C=O) groups excluding carboxylic acids is 2. The molecule has 8 nitrogen and oxygen atoms in total. The highest BCUT2D eigenvalue weighted by molar-refractivity contribution is 6.01. The summed E-state index contributed by atoms with van der Waals surface area (Å²) in [6, 6.07) is 15.3. The van der Waals surface area contributed by atoms with Crippen molar-refractivity contribution in [3.05, 3.63) is 71.0 Å². The van der Waals surface area contributed by atoms with E-state index < -0.39 is 5.97 Å². The second-order valence-corrected chi connectivity index (χ2v) is 10.9. The SMILES string of the molecule is CCOC(=O)c1ccccc1NC(=O)N1C2CCC1CC(OCc1c(-c3ccccc3C)noc1C1CC1)C2. The number of amides is 2. The fraction of sp³-hybridized carbons (Fsp3) is 0.452. The quantitative estimate of drug-likeness (QED) is 0.337. The van der Waals surface area contributed by atoms with Crippen LogP contribution in [-0.4, -0.2) is 46.9 Å². The molecule has 2 amide bonds. The molecule has 3 aliphatic rings. The number of aromatic nitrogens is 1. The van der Waals surface area contributed by atoms with Crippen molar-refractivity contribution < 1.29 is 23.6 Å². The zero-order chi connectivity index (χ0) is 26.9. The van der Waals surface area contributed by atoms with Crippen LogP contribution in [0.2, 0.25) is 0 Å². The molecule has 204 valence electrons. The number of fused-ring (bicyclic) bond motifs is 2. The highest BCUT2D eigenvalue weighted by Gasteiger charge is 2.44. The number of anilines is 1. The third-order valence-electron chi connectivity index (χ3n) is 8.22. The number of piperidine rings is 1. The van der Waals surface area contributed by atoms with Gasteiger partial charge in [-0.05, 0) is 70.1 Å². The number of urea groups is 1. The van der Waals surface area contributed by atoms with Crippen molar-refractivity contribution in [1.29, 1.82) is 0 Å². The molecule has 3 aromatic rings. The van der Waals surface area contributed by atoms with E-state index in [2.05, 4.69) is 29.5 Å². The summed E-state index contributed by atoms with van der Waals surface area (Å²) >= 11 is 0. The van der Waals surface area contributed by atoms with Gasteiger partial charge < -0.3 is 24.2 Å². The lowest BCUT2D eigenvalue weighted by Gasteiger charge is -2.38. The third kappa shape index (κ3) is 5.17. The van der Waals surface area contributed by atoms with Gasteiger partial charge in [-0.25, -0.2) is 9.59 Å². The van der Waals surface area contributed by atoms with E-state index in [1.807, 2.05) is 17.0 Å². The van der Waals surface area contributed by atoms with E-state index in [1.54, 1.807) is 31.2 Å². The van der Waals surface area contributed by atoms with Crippen molar-refractivity contribution in [1.82, 2.24) is 10.1 Å². The van der Waals surface area contributed by atoms with Crippen molar-refractivity contribution in [3.8, 4) is 11.3 Å². The lowest BCUT2D eigenvalue weighted by Crippen LogP contribution is -2.50. The molecule has 2 saturated heterocycles. The number of carbonyl (C=O) groups is 2. The summed E-state index contributed by atoms with van der Waals surface area (Å²) < 4.78 is 17.5. The standard InChI is InChI=1S/C31H35N3O5/c1-3-37-30(35)25-10-6-7-11-27(25)32-31(36)34-21-14-15-22(34)17-23(16-21)38-18-26-28(24-9-5-4-8-19(24)2)33-39-29(26)20-12-13-20/h4-11,20-23H,3,12-18H2,1-2H3,(H,32,36). The molecule has 2 bridgehead atoms. The van der Waals surface area contributed by atoms with Gasteiger partial charge in [0.05, 0.1) is 30.6 Å². The third-order valence-corrected chi connectivity index (χ3v) is 8.22. The van der Waals surface area contributed by atoms with Crippen molar-refractivity contribution >= 4 is 17.7 Å². The fourth-order valence-electron chi connectivity index (χ4n) is 6.13. The first-order valence-corrected chi connectivity index (χ1v) is 14.0. The number of hydrogen-bond acceptors (Lipinski definition) is 6. The maximum absolute atomic E-state index is 13.4. The van der Waals surface area contributed by atoms with Gasteiger partial charge in [-0.2, -0.15) is 0 Å². The Morgan fingerprint density at radius 2 is 1.74 bits per heavy atom. The Hall–Kier alpha value is -3.65. The van der Waals surface area contributed by atoms with Crippen LogP contribution in [0, 0.1) is 6.92 Å². The smallest absolute Gasteiger partial charge is 0.340 e. The second kappa shape index (κ2) is 10.8. The Morgan fingerprint density at radius 3 is 2.46 bits per heavy atom. The van der Waals surface area contributed by atoms with E-state index in [0.29, 0.717) is 23.8 Å². The first-order chi connectivity index (χ1) is 19.0. The molecule has 8 heteroatoms. The maximum Gasteiger partial charge on any atom is 0.340 e. The number of ether oxygens (including phenoxy) is 2.